The number of amides is 2. The van der Waals surface area contributed by atoms with E-state index in [-0.39, 0.29) is 85.3 Å². The maximum Gasteiger partial charge on any atom is 1.00 e. The van der Waals surface area contributed by atoms with Gasteiger partial charge in [-0.2, -0.15) is 0 Å². The molecule has 0 aromatic carbocycles. The van der Waals surface area contributed by atoms with Crippen LogP contribution in [0.25, 0.3) is 5.32 Å². The number of aldehydes is 1. The van der Waals surface area contributed by atoms with E-state index in [9.17, 15) is 45.0 Å². The van der Waals surface area contributed by atoms with Crippen molar-refractivity contribution in [3.8, 4) is 0 Å². The van der Waals surface area contributed by atoms with E-state index >= 15 is 0 Å². The fraction of sp³-hybridized carbons (Fsp3) is 0.872. The first-order valence-corrected chi connectivity index (χ1v) is 19.1. The number of rotatable bonds is 27. The third-order valence-electron chi connectivity index (χ3n) is 8.97. The van der Waals surface area contributed by atoms with Crippen molar-refractivity contribution in [1.82, 2.24) is 10.2 Å². The van der Waals surface area contributed by atoms with Gasteiger partial charge in [0.05, 0.1) is 25.2 Å². The smallest absolute Gasteiger partial charge is 0.648 e. The first-order chi connectivity index (χ1) is 24.1. The number of carbonyl (C=O) groups is 3. The van der Waals surface area contributed by atoms with Gasteiger partial charge in [0.15, 0.2) is 12.4 Å². The van der Waals surface area contributed by atoms with Gasteiger partial charge in [0, 0.05) is 18.9 Å². The maximum atomic E-state index is 12.4. The molecule has 1 rings (SSSR count). The fourth-order valence-corrected chi connectivity index (χ4v) is 5.78. The fourth-order valence-electron chi connectivity index (χ4n) is 5.78. The quantitative estimate of drug-likeness (QED) is 0.0261. The predicted molar refractivity (Wildman–Crippen MR) is 209 cm³/mol. The van der Waals surface area contributed by atoms with E-state index in [0.717, 1.165) is 19.1 Å². The number of aliphatic hydroxyl groups excluding tert-OH is 6. The van der Waals surface area contributed by atoms with Crippen LogP contribution in [0.1, 0.15) is 125 Å². The van der Waals surface area contributed by atoms with Gasteiger partial charge in [0.1, 0.15) is 30.7 Å². The van der Waals surface area contributed by atoms with Crippen LogP contribution in [-0.4, -0.2) is 142 Å². The Balaban J connectivity index is -0.000000590. The van der Waals surface area contributed by atoms with E-state index in [1.165, 1.54) is 64.2 Å². The Bertz CT molecular complexity index is 921. The minimum absolute atomic E-state index is 0. The molecule has 0 spiro atoms. The topological polar surface area (TPSA) is 220 Å². The molecule has 1 aliphatic rings. The van der Waals surface area contributed by atoms with Gasteiger partial charge >= 0.3 is 51.4 Å². The van der Waals surface area contributed by atoms with E-state index in [1.807, 2.05) is 25.8 Å². The van der Waals surface area contributed by atoms with Gasteiger partial charge in [-0.3, -0.25) is 4.79 Å². The van der Waals surface area contributed by atoms with E-state index in [1.54, 1.807) is 13.8 Å². The van der Waals surface area contributed by atoms with Crippen LogP contribution in [0.15, 0.2) is 0 Å². The second kappa shape index (κ2) is 36.0. The average Bonchev–Trinajstić information content (AvgIpc) is 3.09. The summed E-state index contributed by atoms with van der Waals surface area (Å²) in [5.41, 5.74) is -0.556. The second-order valence-electron chi connectivity index (χ2n) is 14.4. The number of nitrogens with zero attached hydrogens (tertiary/aromatic N) is 2. The van der Waals surface area contributed by atoms with Crippen molar-refractivity contribution >= 4 is 18.1 Å². The molecule has 54 heavy (non-hydrogen) atoms. The molecule has 7 N–H and O–H groups in total. The molecule has 0 saturated carbocycles. The first kappa shape index (κ1) is 60.6. The molecule has 8 unspecified atom stereocenters. The van der Waals surface area contributed by atoms with Crippen molar-refractivity contribution < 1.29 is 106 Å². The molecule has 0 bridgehead atoms. The molecule has 2 amide bonds. The van der Waals surface area contributed by atoms with E-state index in [2.05, 4.69) is 17.6 Å². The van der Waals surface area contributed by atoms with Crippen LogP contribution in [0.3, 0.4) is 0 Å². The van der Waals surface area contributed by atoms with Gasteiger partial charge < -0.3 is 80.1 Å². The molecule has 1 heterocycles. The van der Waals surface area contributed by atoms with E-state index in [0.29, 0.717) is 25.9 Å². The van der Waals surface area contributed by atoms with Crippen LogP contribution in [0, 0.1) is 20.8 Å². The number of nitrogens with one attached hydrogen (secondary N) is 1. The Morgan fingerprint density at radius 1 is 0.963 bits per heavy atom. The molecule has 8 atom stereocenters. The normalized spacial score (nSPS) is 20.4. The molecule has 15 heteroatoms. The summed E-state index contributed by atoms with van der Waals surface area (Å²) in [4.78, 5) is 36.0. The first-order valence-electron chi connectivity index (χ1n) is 19.1. The molecule has 1 aliphatic heterocycles. The summed E-state index contributed by atoms with van der Waals surface area (Å²) in [7, 11) is 1.86. The molecule has 318 valence electrons. The zero-order valence-electron chi connectivity index (χ0n) is 35.3. The summed E-state index contributed by atoms with van der Waals surface area (Å²) in [6, 6.07) is 0. The second-order valence-corrected chi connectivity index (χ2v) is 14.4. The number of carbonyl (C=O) groups excluding carboxylic acids is 3. The van der Waals surface area contributed by atoms with Gasteiger partial charge in [-0.05, 0) is 39.4 Å². The van der Waals surface area contributed by atoms with Crippen molar-refractivity contribution in [2.45, 2.75) is 173 Å². The average molecular weight is 804 g/mol. The van der Waals surface area contributed by atoms with Crippen molar-refractivity contribution in [2.75, 3.05) is 39.9 Å². The molecule has 0 radical (unpaired) electrons. The number of hydrogen-bond donors (Lipinski definition) is 7. The Morgan fingerprint density at radius 2 is 1.50 bits per heavy atom. The van der Waals surface area contributed by atoms with Crippen LogP contribution < -0.4 is 56.7 Å². The van der Waals surface area contributed by atoms with Crippen molar-refractivity contribution in [3.05, 3.63) is 20.2 Å². The number of ether oxygens (including phenoxy) is 2. The van der Waals surface area contributed by atoms with Gasteiger partial charge in [0.25, 0.3) is 5.91 Å². The predicted octanol–water partition coefficient (Wildman–Crippen LogP) is 0.479. The maximum absolute atomic E-state index is 12.4. The molecule has 1 saturated heterocycles. The summed E-state index contributed by atoms with van der Waals surface area (Å²) in [5.74, 6) is -1.72. The summed E-state index contributed by atoms with van der Waals surface area (Å²) < 4.78 is 10.6. The molecular formula is C39H78KN3O11-2. The zero-order valence-corrected chi connectivity index (χ0v) is 38.4. The zero-order chi connectivity index (χ0) is 38.8. The molecule has 0 aromatic heterocycles. The molecule has 0 aromatic rings. The molecule has 1 fully saturated rings. The Labute approximate surface area is 370 Å². The summed E-state index contributed by atoms with van der Waals surface area (Å²) >= 11 is 0. The van der Waals surface area contributed by atoms with Crippen LogP contribution in [0.2, 0.25) is 0 Å². The summed E-state index contributed by atoms with van der Waals surface area (Å²) in [6.07, 6.45) is 6.58. The van der Waals surface area contributed by atoms with Crippen molar-refractivity contribution in [3.63, 3.8) is 0 Å². The Morgan fingerprint density at radius 3 is 2.00 bits per heavy atom. The largest absolute Gasteiger partial charge is 1.00 e. The number of hydrogen-bond acceptors (Lipinski definition) is 12. The van der Waals surface area contributed by atoms with Gasteiger partial charge in [-0.1, -0.05) is 104 Å². The SMILES string of the molecule is CCC(=O)[N-]C(C)(C)CN(C)CCCNC(=O)C(O)C(O)C(OC1OCC(O)C(C)C1O)C(O)CO.CCCCCCCCCCCCCC=O.[CH3-].[CH3-].[K+]. The summed E-state index contributed by atoms with van der Waals surface area (Å²) in [5, 5.41) is 66.9. The third-order valence-corrected chi connectivity index (χ3v) is 8.97. The molecular weight excluding hydrogens is 726 g/mol. The summed E-state index contributed by atoms with van der Waals surface area (Å²) in [6.45, 7) is 9.52. The number of aliphatic hydroxyl groups is 6. The Kier molecular flexibility index (Phi) is 40.4. The van der Waals surface area contributed by atoms with Crippen LogP contribution in [-0.2, 0) is 23.9 Å². The van der Waals surface area contributed by atoms with Gasteiger partial charge in [-0.15, -0.1) is 0 Å². The van der Waals surface area contributed by atoms with Crippen LogP contribution in [0.4, 0.5) is 0 Å². The number of unbranched alkanes of at least 4 members (excludes halogenated alkanes) is 11. The van der Waals surface area contributed by atoms with Crippen molar-refractivity contribution in [1.29, 1.82) is 0 Å². The van der Waals surface area contributed by atoms with E-state index < -0.39 is 66.9 Å². The monoisotopic (exact) mass is 804 g/mol. The van der Waals surface area contributed by atoms with Crippen LogP contribution >= 0.6 is 0 Å². The van der Waals surface area contributed by atoms with Gasteiger partial charge in [0.2, 0.25) is 0 Å². The number of likely N-dealkylation sites (N-methyl/N-ethyl adjacent to an activating group) is 1. The molecule has 0 aliphatic carbocycles. The van der Waals surface area contributed by atoms with Gasteiger partial charge in [-0.25, -0.2) is 0 Å². The van der Waals surface area contributed by atoms with Crippen LogP contribution in [0.5, 0.6) is 0 Å². The molecule has 14 nitrogen and oxygen atoms in total. The van der Waals surface area contributed by atoms with Crippen molar-refractivity contribution in [2.24, 2.45) is 5.92 Å². The third kappa shape index (κ3) is 27.5. The van der Waals surface area contributed by atoms with E-state index in [4.69, 9.17) is 9.47 Å². The minimum Gasteiger partial charge on any atom is -0.648 e. The Hall–Kier alpha value is -0.114. The minimum atomic E-state index is -2.00. The standard InChI is InChI=1S/C23H45N3O10.C14H28O.2CH3.K/c1-6-16(30)25-23(3,4)12-26(5)9-7-8-24-21(34)19(33)18(32)20(14(28)10-27)36-22-17(31)13(2)15(29)11-35-22;1-2-3-4-5-6-7-8-9-10-11-12-13-14-15;;;/h13-15,17-20,22,27-29,31-33H,6-12H2,1-5H3,(H2,24,25,30,34);14H,2-13H2,1H3;2*1H3;/q;;2*-1;+1/p-1.